The standard InChI is InChI=1S/C15H19NO8S/c1-8(17)11-4-5-12(14(19)13(11)9(2)18)15(20)24-10(3)16-6-7-25(21,22)23/h4-5,10,16,19H,6-7H2,1-3H3,(H,21,22,23). The number of esters is 1. The summed E-state index contributed by atoms with van der Waals surface area (Å²) in [5.74, 6) is -3.23. The first-order valence-electron chi connectivity index (χ1n) is 7.21. The van der Waals surface area contributed by atoms with Crippen LogP contribution in [0.15, 0.2) is 12.1 Å². The first-order valence-corrected chi connectivity index (χ1v) is 8.82. The van der Waals surface area contributed by atoms with Gasteiger partial charge in [0.1, 0.15) is 11.3 Å². The van der Waals surface area contributed by atoms with Crippen molar-refractivity contribution in [3.8, 4) is 5.75 Å². The maximum Gasteiger partial charge on any atom is 0.343 e. The van der Waals surface area contributed by atoms with Crippen LogP contribution in [0.2, 0.25) is 0 Å². The third-order valence-corrected chi connectivity index (χ3v) is 3.92. The van der Waals surface area contributed by atoms with Crippen LogP contribution in [0.5, 0.6) is 5.75 Å². The number of phenolic OH excluding ortho intramolecular Hbond substituents is 1. The molecule has 0 aliphatic heterocycles. The molecule has 1 aromatic carbocycles. The third-order valence-electron chi connectivity index (χ3n) is 3.20. The molecular formula is C15H19NO8S. The summed E-state index contributed by atoms with van der Waals surface area (Å²) in [6.45, 7) is 3.62. The normalized spacial score (nSPS) is 12.5. The molecule has 0 saturated heterocycles. The number of hydrogen-bond acceptors (Lipinski definition) is 8. The zero-order valence-electron chi connectivity index (χ0n) is 13.9. The van der Waals surface area contributed by atoms with Crippen molar-refractivity contribution >= 4 is 27.7 Å². The van der Waals surface area contributed by atoms with Crippen LogP contribution in [0.1, 0.15) is 51.8 Å². The molecule has 1 unspecified atom stereocenters. The lowest BCUT2D eigenvalue weighted by atomic mass is 9.97. The number of ether oxygens (including phenoxy) is 1. The number of ketones is 2. The first-order chi connectivity index (χ1) is 11.4. The summed E-state index contributed by atoms with van der Waals surface area (Å²) < 4.78 is 34.8. The largest absolute Gasteiger partial charge is 0.506 e. The van der Waals surface area contributed by atoms with E-state index in [1.807, 2.05) is 0 Å². The van der Waals surface area contributed by atoms with Crippen molar-refractivity contribution in [2.45, 2.75) is 27.0 Å². The van der Waals surface area contributed by atoms with E-state index in [0.29, 0.717) is 0 Å². The zero-order valence-corrected chi connectivity index (χ0v) is 14.7. The Bertz CT molecular complexity index is 800. The van der Waals surface area contributed by atoms with Crippen LogP contribution in [-0.4, -0.2) is 54.1 Å². The van der Waals surface area contributed by atoms with Gasteiger partial charge in [-0.2, -0.15) is 8.42 Å². The number of aromatic hydroxyl groups is 1. The van der Waals surface area contributed by atoms with Gasteiger partial charge in [-0.25, -0.2) is 4.79 Å². The Balaban J connectivity index is 2.94. The summed E-state index contributed by atoms with van der Waals surface area (Å²) in [5, 5.41) is 12.7. The number of benzene rings is 1. The van der Waals surface area contributed by atoms with E-state index in [-0.39, 0.29) is 23.2 Å². The lowest BCUT2D eigenvalue weighted by Crippen LogP contribution is -2.34. The zero-order chi connectivity index (χ0) is 19.4. The predicted octanol–water partition coefficient (Wildman–Crippen LogP) is 0.778. The molecule has 0 heterocycles. The number of carbonyl (C=O) groups is 3. The predicted molar refractivity (Wildman–Crippen MR) is 87.4 cm³/mol. The molecular weight excluding hydrogens is 354 g/mol. The van der Waals surface area contributed by atoms with E-state index in [1.165, 1.54) is 19.9 Å². The van der Waals surface area contributed by atoms with Crippen molar-refractivity contribution in [1.29, 1.82) is 0 Å². The van der Waals surface area contributed by atoms with Crippen molar-refractivity contribution < 1.29 is 37.2 Å². The van der Waals surface area contributed by atoms with Crippen molar-refractivity contribution in [3.63, 3.8) is 0 Å². The Morgan fingerprint density at radius 2 is 1.72 bits per heavy atom. The highest BCUT2D eigenvalue weighted by Crippen LogP contribution is 2.28. The summed E-state index contributed by atoms with van der Waals surface area (Å²) in [7, 11) is -4.15. The van der Waals surface area contributed by atoms with E-state index < -0.39 is 45.4 Å². The van der Waals surface area contributed by atoms with E-state index >= 15 is 0 Å². The Morgan fingerprint density at radius 1 is 1.16 bits per heavy atom. The molecule has 0 aliphatic rings. The van der Waals surface area contributed by atoms with Gasteiger partial charge < -0.3 is 9.84 Å². The quantitative estimate of drug-likeness (QED) is 0.260. The minimum atomic E-state index is -4.15. The van der Waals surface area contributed by atoms with E-state index in [0.717, 1.165) is 13.0 Å². The van der Waals surface area contributed by atoms with Crippen molar-refractivity contribution in [2.75, 3.05) is 12.3 Å². The summed E-state index contributed by atoms with van der Waals surface area (Å²) >= 11 is 0. The SMILES string of the molecule is CC(=O)c1ccc(C(=O)OC(C)NCCS(=O)(=O)O)c(O)c1C(C)=O. The summed E-state index contributed by atoms with van der Waals surface area (Å²) in [6, 6.07) is 2.40. The van der Waals surface area contributed by atoms with Crippen molar-refractivity contribution in [3.05, 3.63) is 28.8 Å². The number of hydrogen-bond donors (Lipinski definition) is 3. The second-order valence-corrected chi connectivity index (χ2v) is 6.86. The molecule has 9 nitrogen and oxygen atoms in total. The molecule has 0 aliphatic carbocycles. The van der Waals surface area contributed by atoms with Crippen molar-refractivity contribution in [1.82, 2.24) is 5.32 Å². The van der Waals surface area contributed by atoms with Gasteiger partial charge in [0, 0.05) is 12.1 Å². The summed E-state index contributed by atoms with van der Waals surface area (Å²) in [6.07, 6.45) is -0.929. The van der Waals surface area contributed by atoms with Gasteiger partial charge in [0.2, 0.25) is 0 Å². The Hall–Kier alpha value is -2.30. The molecule has 138 valence electrons. The minimum absolute atomic E-state index is 0.0131. The van der Waals surface area contributed by atoms with Gasteiger partial charge in [0.15, 0.2) is 17.8 Å². The van der Waals surface area contributed by atoms with E-state index in [2.05, 4.69) is 5.32 Å². The smallest absolute Gasteiger partial charge is 0.343 e. The highest BCUT2D eigenvalue weighted by Gasteiger charge is 2.24. The fourth-order valence-electron chi connectivity index (χ4n) is 2.06. The first kappa shape index (κ1) is 20.7. The molecule has 0 radical (unpaired) electrons. The highest BCUT2D eigenvalue weighted by molar-refractivity contribution is 7.85. The van der Waals surface area contributed by atoms with Crippen LogP contribution in [0.25, 0.3) is 0 Å². The highest BCUT2D eigenvalue weighted by atomic mass is 32.2. The van der Waals surface area contributed by atoms with Gasteiger partial charge in [0.05, 0.1) is 11.3 Å². The van der Waals surface area contributed by atoms with Crippen LogP contribution in [0.3, 0.4) is 0 Å². The van der Waals surface area contributed by atoms with Crippen LogP contribution < -0.4 is 5.32 Å². The van der Waals surface area contributed by atoms with Crippen LogP contribution >= 0.6 is 0 Å². The van der Waals surface area contributed by atoms with Gasteiger partial charge in [-0.1, -0.05) is 0 Å². The van der Waals surface area contributed by atoms with Gasteiger partial charge in [-0.15, -0.1) is 0 Å². The second-order valence-electron chi connectivity index (χ2n) is 5.28. The maximum atomic E-state index is 12.1. The van der Waals surface area contributed by atoms with Crippen LogP contribution in [0, 0.1) is 0 Å². The summed E-state index contributed by atoms with van der Waals surface area (Å²) in [4.78, 5) is 35.3. The van der Waals surface area contributed by atoms with Gasteiger partial charge in [-0.05, 0) is 32.9 Å². The van der Waals surface area contributed by atoms with Crippen LogP contribution in [-0.2, 0) is 14.9 Å². The number of nitrogens with one attached hydrogen (secondary N) is 1. The van der Waals surface area contributed by atoms with Crippen molar-refractivity contribution in [2.24, 2.45) is 0 Å². The topological polar surface area (TPSA) is 147 Å². The minimum Gasteiger partial charge on any atom is -0.506 e. The number of rotatable bonds is 8. The van der Waals surface area contributed by atoms with Gasteiger partial charge in [-0.3, -0.25) is 19.5 Å². The average Bonchev–Trinajstić information content (AvgIpc) is 2.44. The molecule has 0 aromatic heterocycles. The van der Waals surface area contributed by atoms with Gasteiger partial charge in [0.25, 0.3) is 10.1 Å². The molecule has 10 heteroatoms. The molecule has 0 fully saturated rings. The number of Topliss-reactive ketones (excluding diaryl/α,β-unsaturated/α-hetero) is 2. The lowest BCUT2D eigenvalue weighted by Gasteiger charge is -2.16. The fourth-order valence-corrected chi connectivity index (χ4v) is 2.44. The molecule has 0 saturated carbocycles. The molecule has 1 rings (SSSR count). The monoisotopic (exact) mass is 373 g/mol. The average molecular weight is 373 g/mol. The Kier molecular flexibility index (Phi) is 6.79. The van der Waals surface area contributed by atoms with Crippen LogP contribution in [0.4, 0.5) is 0 Å². The number of phenols is 1. The fraction of sp³-hybridized carbons (Fsp3) is 0.400. The van der Waals surface area contributed by atoms with E-state index in [9.17, 15) is 27.9 Å². The van der Waals surface area contributed by atoms with E-state index in [1.54, 1.807) is 0 Å². The molecule has 0 bridgehead atoms. The molecule has 1 atom stereocenters. The molecule has 0 amide bonds. The third kappa shape index (κ3) is 5.93. The second kappa shape index (κ2) is 8.19. The Morgan fingerprint density at radius 3 is 2.20 bits per heavy atom. The molecule has 0 spiro atoms. The van der Waals surface area contributed by atoms with E-state index in [4.69, 9.17) is 9.29 Å². The molecule has 1 aromatic rings. The Labute approximate surface area is 144 Å². The summed E-state index contributed by atoms with van der Waals surface area (Å²) in [5.41, 5.74) is -0.589. The lowest BCUT2D eigenvalue weighted by molar-refractivity contribution is 0.0268. The molecule has 3 N–H and O–H groups in total. The maximum absolute atomic E-state index is 12.1. The molecule has 25 heavy (non-hydrogen) atoms. The number of carbonyl (C=O) groups excluding carboxylic acids is 3. The van der Waals surface area contributed by atoms with Gasteiger partial charge >= 0.3 is 5.97 Å².